The number of hydrogen-bond acceptors (Lipinski definition) is 3. The van der Waals surface area contributed by atoms with Gasteiger partial charge in [-0.25, -0.2) is 0 Å². The maximum absolute atomic E-state index is 11.9. The Morgan fingerprint density at radius 2 is 1.86 bits per heavy atom. The molecule has 2 aromatic rings. The van der Waals surface area contributed by atoms with Crippen molar-refractivity contribution in [1.29, 1.82) is 0 Å². The summed E-state index contributed by atoms with van der Waals surface area (Å²) in [6.45, 7) is 0. The molecular formula is C17H18ClNO3. The molecule has 116 valence electrons. The summed E-state index contributed by atoms with van der Waals surface area (Å²) in [6.07, 6.45) is 0.930. The number of ether oxygens (including phenoxy) is 2. The number of halogens is 1. The van der Waals surface area contributed by atoms with E-state index in [0.29, 0.717) is 29.4 Å². The van der Waals surface area contributed by atoms with Crippen LogP contribution in [0.15, 0.2) is 42.5 Å². The Labute approximate surface area is 135 Å². The lowest BCUT2D eigenvalue weighted by Crippen LogP contribution is -2.12. The topological polar surface area (TPSA) is 47.6 Å². The van der Waals surface area contributed by atoms with Gasteiger partial charge in [0, 0.05) is 12.1 Å². The van der Waals surface area contributed by atoms with Gasteiger partial charge >= 0.3 is 0 Å². The number of amides is 1. The maximum atomic E-state index is 11.9. The van der Waals surface area contributed by atoms with Gasteiger partial charge in [0.1, 0.15) is 0 Å². The highest BCUT2D eigenvalue weighted by molar-refractivity contribution is 6.32. The highest BCUT2D eigenvalue weighted by Crippen LogP contribution is 2.36. The van der Waals surface area contributed by atoms with Gasteiger partial charge in [0.05, 0.1) is 19.2 Å². The predicted molar refractivity (Wildman–Crippen MR) is 87.9 cm³/mol. The number of benzene rings is 2. The quantitative estimate of drug-likeness (QED) is 0.877. The molecule has 0 aliphatic heterocycles. The Balaban J connectivity index is 1.99. The smallest absolute Gasteiger partial charge is 0.224 e. The normalized spacial score (nSPS) is 10.1. The van der Waals surface area contributed by atoms with E-state index in [0.717, 1.165) is 11.3 Å². The highest BCUT2D eigenvalue weighted by Gasteiger charge is 2.12. The fraction of sp³-hybridized carbons (Fsp3) is 0.235. The minimum Gasteiger partial charge on any atom is -0.493 e. The zero-order valence-corrected chi connectivity index (χ0v) is 13.3. The van der Waals surface area contributed by atoms with Crippen LogP contribution >= 0.6 is 11.6 Å². The number of rotatable bonds is 6. The van der Waals surface area contributed by atoms with Crippen molar-refractivity contribution in [3.05, 3.63) is 53.1 Å². The molecular weight excluding hydrogens is 302 g/mol. The lowest BCUT2D eigenvalue weighted by Gasteiger charge is -2.12. The Kier molecular flexibility index (Phi) is 5.67. The van der Waals surface area contributed by atoms with Crippen molar-refractivity contribution in [2.24, 2.45) is 0 Å². The molecule has 2 rings (SSSR count). The Morgan fingerprint density at radius 3 is 2.50 bits per heavy atom. The second-order valence-electron chi connectivity index (χ2n) is 4.73. The average Bonchev–Trinajstić information content (AvgIpc) is 2.53. The van der Waals surface area contributed by atoms with E-state index >= 15 is 0 Å². The molecule has 0 fully saturated rings. The molecule has 0 saturated heterocycles. The number of methoxy groups -OCH3 is 2. The average molecular weight is 320 g/mol. The van der Waals surface area contributed by atoms with Crippen LogP contribution in [0.4, 0.5) is 5.69 Å². The van der Waals surface area contributed by atoms with Gasteiger partial charge < -0.3 is 14.8 Å². The van der Waals surface area contributed by atoms with Crippen molar-refractivity contribution in [1.82, 2.24) is 0 Å². The summed E-state index contributed by atoms with van der Waals surface area (Å²) in [5.74, 6) is 1.02. The Hall–Kier alpha value is -2.20. The van der Waals surface area contributed by atoms with Crippen LogP contribution in [0.2, 0.25) is 5.02 Å². The minimum atomic E-state index is -0.0443. The number of para-hydroxylation sites is 1. The van der Waals surface area contributed by atoms with Gasteiger partial charge in [0.25, 0.3) is 0 Å². The van der Waals surface area contributed by atoms with Crippen LogP contribution in [-0.2, 0) is 11.2 Å². The van der Waals surface area contributed by atoms with Crippen LogP contribution in [0.3, 0.4) is 0 Å². The van der Waals surface area contributed by atoms with E-state index in [1.54, 1.807) is 13.2 Å². The summed E-state index contributed by atoms with van der Waals surface area (Å²) in [7, 11) is 3.09. The molecule has 4 nitrogen and oxygen atoms in total. The van der Waals surface area contributed by atoms with Crippen molar-refractivity contribution >= 4 is 23.2 Å². The van der Waals surface area contributed by atoms with Crippen molar-refractivity contribution < 1.29 is 14.3 Å². The van der Waals surface area contributed by atoms with Crippen LogP contribution in [0.1, 0.15) is 12.0 Å². The Bertz CT molecular complexity index is 644. The van der Waals surface area contributed by atoms with Crippen molar-refractivity contribution in [2.45, 2.75) is 12.8 Å². The van der Waals surface area contributed by atoms with Crippen molar-refractivity contribution in [3.8, 4) is 11.5 Å². The molecule has 0 bridgehead atoms. The van der Waals surface area contributed by atoms with Crippen molar-refractivity contribution in [3.63, 3.8) is 0 Å². The molecule has 0 saturated carbocycles. The fourth-order valence-electron chi connectivity index (χ4n) is 2.12. The highest BCUT2D eigenvalue weighted by atomic mass is 35.5. The first kappa shape index (κ1) is 16.2. The molecule has 0 aromatic heterocycles. The van der Waals surface area contributed by atoms with Crippen LogP contribution < -0.4 is 14.8 Å². The van der Waals surface area contributed by atoms with Crippen LogP contribution in [-0.4, -0.2) is 20.1 Å². The van der Waals surface area contributed by atoms with Crippen LogP contribution in [0.25, 0.3) is 0 Å². The molecule has 2 aromatic carbocycles. The summed E-state index contributed by atoms with van der Waals surface area (Å²) in [4.78, 5) is 11.9. The third-order valence-electron chi connectivity index (χ3n) is 3.19. The fourth-order valence-corrected chi connectivity index (χ4v) is 2.43. The second kappa shape index (κ2) is 7.71. The summed E-state index contributed by atoms with van der Waals surface area (Å²) in [6, 6.07) is 13.0. The maximum Gasteiger partial charge on any atom is 0.224 e. The lowest BCUT2D eigenvalue weighted by atomic mass is 10.1. The van der Waals surface area contributed by atoms with Gasteiger partial charge in [-0.05, 0) is 36.2 Å². The first-order valence-corrected chi connectivity index (χ1v) is 7.27. The van der Waals surface area contributed by atoms with E-state index in [-0.39, 0.29) is 5.91 Å². The van der Waals surface area contributed by atoms with Gasteiger partial charge in [0.2, 0.25) is 5.91 Å². The lowest BCUT2D eigenvalue weighted by molar-refractivity contribution is -0.116. The monoisotopic (exact) mass is 319 g/mol. The summed E-state index contributed by atoms with van der Waals surface area (Å²) in [5.41, 5.74) is 1.71. The molecule has 0 heterocycles. The zero-order valence-electron chi connectivity index (χ0n) is 12.6. The molecule has 1 N–H and O–H groups in total. The van der Waals surface area contributed by atoms with Crippen LogP contribution in [0.5, 0.6) is 11.5 Å². The van der Waals surface area contributed by atoms with Gasteiger partial charge in [-0.1, -0.05) is 29.8 Å². The number of carbonyl (C=O) groups is 1. The third kappa shape index (κ3) is 4.15. The number of anilines is 1. The largest absolute Gasteiger partial charge is 0.493 e. The third-order valence-corrected chi connectivity index (χ3v) is 3.47. The summed E-state index contributed by atoms with van der Waals surface area (Å²) >= 11 is 6.15. The molecule has 0 radical (unpaired) electrons. The van der Waals surface area contributed by atoms with E-state index in [2.05, 4.69) is 5.32 Å². The number of nitrogens with one attached hydrogen (secondary N) is 1. The van der Waals surface area contributed by atoms with Gasteiger partial charge in [0.15, 0.2) is 11.5 Å². The summed E-state index contributed by atoms with van der Waals surface area (Å²) < 4.78 is 10.4. The second-order valence-corrected chi connectivity index (χ2v) is 5.13. The standard InChI is InChI=1S/C17H18ClNO3/c1-21-15-11-12(10-14(18)17(15)22-2)8-9-16(20)19-13-6-4-3-5-7-13/h3-7,10-11H,8-9H2,1-2H3,(H,19,20). The molecule has 0 atom stereocenters. The predicted octanol–water partition coefficient (Wildman–Crippen LogP) is 3.93. The van der Waals surface area contributed by atoms with E-state index in [1.807, 2.05) is 36.4 Å². The summed E-state index contributed by atoms with van der Waals surface area (Å²) in [5, 5.41) is 3.32. The van der Waals surface area contributed by atoms with E-state index in [1.165, 1.54) is 7.11 Å². The van der Waals surface area contributed by atoms with E-state index < -0.39 is 0 Å². The van der Waals surface area contributed by atoms with Gasteiger partial charge in [-0.15, -0.1) is 0 Å². The van der Waals surface area contributed by atoms with Crippen molar-refractivity contribution in [2.75, 3.05) is 19.5 Å². The molecule has 5 heteroatoms. The number of hydrogen-bond donors (Lipinski definition) is 1. The van der Waals surface area contributed by atoms with Crippen LogP contribution in [0, 0.1) is 0 Å². The first-order chi connectivity index (χ1) is 10.6. The molecule has 22 heavy (non-hydrogen) atoms. The molecule has 1 amide bonds. The van der Waals surface area contributed by atoms with E-state index in [4.69, 9.17) is 21.1 Å². The Morgan fingerprint density at radius 1 is 1.14 bits per heavy atom. The van der Waals surface area contributed by atoms with Gasteiger partial charge in [-0.3, -0.25) is 4.79 Å². The minimum absolute atomic E-state index is 0.0443. The zero-order chi connectivity index (χ0) is 15.9. The molecule has 0 spiro atoms. The van der Waals surface area contributed by atoms with E-state index in [9.17, 15) is 4.79 Å². The first-order valence-electron chi connectivity index (χ1n) is 6.89. The SMILES string of the molecule is COc1cc(CCC(=O)Nc2ccccc2)cc(Cl)c1OC. The molecule has 0 unspecified atom stereocenters. The molecule has 0 aliphatic rings. The number of carbonyl (C=O) groups excluding carboxylic acids is 1. The number of aryl methyl sites for hydroxylation is 1. The van der Waals surface area contributed by atoms with Gasteiger partial charge in [-0.2, -0.15) is 0 Å². The molecule has 0 aliphatic carbocycles.